The molecular formula is C15H21N3. The maximum absolute atomic E-state index is 3.95. The largest absolute Gasteiger partial charge is 0.306 e. The number of aryl methyl sites for hydroxylation is 3. The maximum atomic E-state index is 3.95. The van der Waals surface area contributed by atoms with Crippen molar-refractivity contribution in [3.05, 3.63) is 52.3 Å². The van der Waals surface area contributed by atoms with Crippen molar-refractivity contribution in [1.29, 1.82) is 0 Å². The maximum Gasteiger partial charge on any atom is 0.0532 e. The van der Waals surface area contributed by atoms with Crippen molar-refractivity contribution >= 4 is 0 Å². The number of hydrogen-bond donors (Lipinski definition) is 2. The van der Waals surface area contributed by atoms with Gasteiger partial charge in [0.1, 0.15) is 0 Å². The van der Waals surface area contributed by atoms with E-state index >= 15 is 0 Å². The van der Waals surface area contributed by atoms with Gasteiger partial charge in [0.25, 0.3) is 0 Å². The molecule has 1 atom stereocenters. The predicted molar refractivity (Wildman–Crippen MR) is 74.5 cm³/mol. The van der Waals surface area contributed by atoms with E-state index in [4.69, 9.17) is 0 Å². The number of hydrogen-bond acceptors (Lipinski definition) is 2. The number of benzene rings is 1. The van der Waals surface area contributed by atoms with Crippen molar-refractivity contribution in [3.8, 4) is 0 Å². The van der Waals surface area contributed by atoms with E-state index in [1.54, 1.807) is 0 Å². The van der Waals surface area contributed by atoms with Crippen LogP contribution in [-0.2, 0) is 6.54 Å². The van der Waals surface area contributed by atoms with Crippen LogP contribution in [0.2, 0.25) is 0 Å². The van der Waals surface area contributed by atoms with Crippen molar-refractivity contribution in [2.45, 2.75) is 40.3 Å². The molecule has 3 nitrogen and oxygen atoms in total. The highest BCUT2D eigenvalue weighted by Crippen LogP contribution is 2.23. The summed E-state index contributed by atoms with van der Waals surface area (Å²) in [6, 6.07) is 4.84. The number of rotatable bonds is 4. The second-order valence-electron chi connectivity index (χ2n) is 5.02. The first-order valence-corrected chi connectivity index (χ1v) is 6.36. The number of aromatic nitrogens is 2. The lowest BCUT2D eigenvalue weighted by Gasteiger charge is -2.19. The zero-order chi connectivity index (χ0) is 13.1. The van der Waals surface area contributed by atoms with E-state index in [1.165, 1.54) is 27.8 Å². The third-order valence-electron chi connectivity index (χ3n) is 3.34. The van der Waals surface area contributed by atoms with Crippen molar-refractivity contribution in [2.24, 2.45) is 0 Å². The predicted octanol–water partition coefficient (Wildman–Crippen LogP) is 3.19. The lowest BCUT2D eigenvalue weighted by atomic mass is 9.95. The van der Waals surface area contributed by atoms with Crippen LogP contribution in [0, 0.1) is 20.8 Å². The number of aromatic amines is 1. The molecule has 0 aliphatic carbocycles. The van der Waals surface area contributed by atoms with Gasteiger partial charge in [-0.3, -0.25) is 5.10 Å². The van der Waals surface area contributed by atoms with Gasteiger partial charge in [-0.1, -0.05) is 17.7 Å². The molecule has 0 saturated carbocycles. The average Bonchev–Trinajstić information content (AvgIpc) is 2.77. The van der Waals surface area contributed by atoms with Crippen molar-refractivity contribution in [1.82, 2.24) is 15.5 Å². The molecular weight excluding hydrogens is 222 g/mol. The van der Waals surface area contributed by atoms with E-state index in [2.05, 4.69) is 55.3 Å². The molecule has 3 heteroatoms. The molecule has 18 heavy (non-hydrogen) atoms. The lowest BCUT2D eigenvalue weighted by Crippen LogP contribution is -2.19. The van der Waals surface area contributed by atoms with Gasteiger partial charge in [-0.05, 0) is 44.4 Å². The first-order valence-electron chi connectivity index (χ1n) is 6.36. The van der Waals surface area contributed by atoms with Gasteiger partial charge in [0, 0.05) is 24.3 Å². The van der Waals surface area contributed by atoms with Crippen LogP contribution in [0.25, 0.3) is 0 Å². The summed E-state index contributed by atoms with van der Waals surface area (Å²) in [6.07, 6.45) is 3.78. The molecule has 0 aliphatic rings. The summed E-state index contributed by atoms with van der Waals surface area (Å²) in [6.45, 7) is 9.57. The van der Waals surface area contributed by atoms with E-state index in [0.717, 1.165) is 6.54 Å². The normalized spacial score (nSPS) is 12.7. The Morgan fingerprint density at radius 1 is 1.22 bits per heavy atom. The highest BCUT2D eigenvalue weighted by Gasteiger charge is 2.11. The topological polar surface area (TPSA) is 40.7 Å². The van der Waals surface area contributed by atoms with Crippen LogP contribution in [0.3, 0.4) is 0 Å². The molecule has 0 saturated heterocycles. The summed E-state index contributed by atoms with van der Waals surface area (Å²) in [5, 5.41) is 10.3. The summed E-state index contributed by atoms with van der Waals surface area (Å²) >= 11 is 0. The fourth-order valence-electron chi connectivity index (χ4n) is 2.62. The van der Waals surface area contributed by atoms with Gasteiger partial charge in [0.2, 0.25) is 0 Å². The van der Waals surface area contributed by atoms with E-state index in [0.29, 0.717) is 6.04 Å². The number of H-pyrrole nitrogens is 1. The molecule has 0 amide bonds. The van der Waals surface area contributed by atoms with Gasteiger partial charge in [-0.25, -0.2) is 0 Å². The minimum Gasteiger partial charge on any atom is -0.306 e. The standard InChI is InChI=1S/C15H21N3/c1-10-5-11(2)15(12(3)6-10)13(4)16-7-14-8-17-18-9-14/h5-6,8-9,13,16H,7H2,1-4H3,(H,17,18). The Hall–Kier alpha value is -1.61. The molecule has 0 fully saturated rings. The van der Waals surface area contributed by atoms with Crippen LogP contribution in [0.5, 0.6) is 0 Å². The van der Waals surface area contributed by atoms with Gasteiger partial charge >= 0.3 is 0 Å². The molecule has 0 bridgehead atoms. The fraction of sp³-hybridized carbons (Fsp3) is 0.400. The highest BCUT2D eigenvalue weighted by molar-refractivity contribution is 5.39. The second-order valence-corrected chi connectivity index (χ2v) is 5.02. The summed E-state index contributed by atoms with van der Waals surface area (Å²) in [5.41, 5.74) is 6.64. The Labute approximate surface area is 109 Å². The van der Waals surface area contributed by atoms with E-state index in [-0.39, 0.29) is 0 Å². The van der Waals surface area contributed by atoms with Gasteiger partial charge < -0.3 is 5.32 Å². The van der Waals surface area contributed by atoms with Gasteiger partial charge in [0.15, 0.2) is 0 Å². The summed E-state index contributed by atoms with van der Waals surface area (Å²) in [5.74, 6) is 0. The second kappa shape index (κ2) is 5.36. The van der Waals surface area contributed by atoms with Crippen molar-refractivity contribution < 1.29 is 0 Å². The van der Waals surface area contributed by atoms with Gasteiger partial charge in [0.05, 0.1) is 6.20 Å². The summed E-state index contributed by atoms with van der Waals surface area (Å²) in [4.78, 5) is 0. The zero-order valence-corrected chi connectivity index (χ0v) is 11.5. The molecule has 2 rings (SSSR count). The number of nitrogens with zero attached hydrogens (tertiary/aromatic N) is 1. The van der Waals surface area contributed by atoms with Crippen LogP contribution in [0.1, 0.15) is 40.8 Å². The Balaban J connectivity index is 2.11. The molecule has 1 unspecified atom stereocenters. The van der Waals surface area contributed by atoms with E-state index in [9.17, 15) is 0 Å². The van der Waals surface area contributed by atoms with Crippen LogP contribution < -0.4 is 5.32 Å². The SMILES string of the molecule is Cc1cc(C)c(C(C)NCc2cn[nH]c2)c(C)c1. The first-order chi connectivity index (χ1) is 8.58. The number of nitrogens with one attached hydrogen (secondary N) is 2. The molecule has 0 radical (unpaired) electrons. The van der Waals surface area contributed by atoms with Crippen LogP contribution >= 0.6 is 0 Å². The van der Waals surface area contributed by atoms with E-state index in [1.807, 2.05) is 12.4 Å². The molecule has 1 aromatic heterocycles. The molecule has 96 valence electrons. The van der Waals surface area contributed by atoms with Gasteiger partial charge in [-0.2, -0.15) is 5.10 Å². The molecule has 1 heterocycles. The zero-order valence-electron chi connectivity index (χ0n) is 11.5. The van der Waals surface area contributed by atoms with Crippen molar-refractivity contribution in [3.63, 3.8) is 0 Å². The Morgan fingerprint density at radius 3 is 2.44 bits per heavy atom. The third-order valence-corrected chi connectivity index (χ3v) is 3.34. The van der Waals surface area contributed by atoms with Crippen LogP contribution in [0.15, 0.2) is 24.5 Å². The highest BCUT2D eigenvalue weighted by atomic mass is 15.1. The van der Waals surface area contributed by atoms with Crippen molar-refractivity contribution in [2.75, 3.05) is 0 Å². The molecule has 0 aliphatic heterocycles. The Kier molecular flexibility index (Phi) is 3.82. The molecule has 2 N–H and O–H groups in total. The van der Waals surface area contributed by atoms with E-state index < -0.39 is 0 Å². The summed E-state index contributed by atoms with van der Waals surface area (Å²) < 4.78 is 0. The molecule has 0 spiro atoms. The Bertz CT molecular complexity index is 492. The average molecular weight is 243 g/mol. The summed E-state index contributed by atoms with van der Waals surface area (Å²) in [7, 11) is 0. The van der Waals surface area contributed by atoms with Crippen LogP contribution in [-0.4, -0.2) is 10.2 Å². The smallest absolute Gasteiger partial charge is 0.0532 e. The fourth-order valence-corrected chi connectivity index (χ4v) is 2.62. The monoisotopic (exact) mass is 243 g/mol. The lowest BCUT2D eigenvalue weighted by molar-refractivity contribution is 0.569. The molecule has 2 aromatic rings. The Morgan fingerprint density at radius 2 is 1.89 bits per heavy atom. The minimum atomic E-state index is 0.348. The van der Waals surface area contributed by atoms with Crippen LogP contribution in [0.4, 0.5) is 0 Å². The molecule has 1 aromatic carbocycles. The minimum absolute atomic E-state index is 0.348. The third kappa shape index (κ3) is 2.79. The quantitative estimate of drug-likeness (QED) is 0.866. The first kappa shape index (κ1) is 12.8. The van der Waals surface area contributed by atoms with Gasteiger partial charge in [-0.15, -0.1) is 0 Å².